The molecule has 0 bridgehead atoms. The van der Waals surface area contributed by atoms with Crippen LogP contribution in [0.25, 0.3) is 0 Å². The van der Waals surface area contributed by atoms with Crippen LogP contribution in [0, 0.1) is 0 Å². The fourth-order valence-corrected chi connectivity index (χ4v) is 2.78. The summed E-state index contributed by atoms with van der Waals surface area (Å²) in [5.41, 5.74) is 0. The molecule has 0 unspecified atom stereocenters. The van der Waals surface area contributed by atoms with Gasteiger partial charge in [0.2, 0.25) is 0 Å². The lowest BCUT2D eigenvalue weighted by atomic mass is 10.0. The molecular formula is C19H43N+. The van der Waals surface area contributed by atoms with Gasteiger partial charge in [-0.15, -0.1) is 0 Å². The van der Waals surface area contributed by atoms with E-state index in [-0.39, 0.29) is 1.43 Å². The second-order valence-electron chi connectivity index (χ2n) is 7.61. The molecule has 1 radical (unpaired) electrons. The van der Waals surface area contributed by atoms with Crippen LogP contribution in [0.15, 0.2) is 0 Å². The Morgan fingerprint density at radius 3 is 1.10 bits per heavy atom. The lowest BCUT2D eigenvalue weighted by molar-refractivity contribution is -0.870. The summed E-state index contributed by atoms with van der Waals surface area (Å²) in [7, 11) is 6.88. The molecule has 0 aromatic carbocycles. The van der Waals surface area contributed by atoms with Gasteiger partial charge in [-0.1, -0.05) is 84.0 Å². The van der Waals surface area contributed by atoms with Gasteiger partial charge in [0.15, 0.2) is 0 Å². The molecule has 0 N–H and O–H groups in total. The summed E-state index contributed by atoms with van der Waals surface area (Å²) in [6, 6.07) is 0. The van der Waals surface area contributed by atoms with Crippen LogP contribution in [0.3, 0.4) is 0 Å². The van der Waals surface area contributed by atoms with Crippen molar-refractivity contribution in [2.75, 3.05) is 27.7 Å². The zero-order valence-corrected chi connectivity index (χ0v) is 15.1. The van der Waals surface area contributed by atoms with Crippen LogP contribution in [-0.4, -0.2) is 32.2 Å². The molecule has 1 nitrogen and oxygen atoms in total. The number of unbranched alkanes of at least 4 members (excludes halogenated alkanes) is 13. The van der Waals surface area contributed by atoms with Crippen molar-refractivity contribution in [2.45, 2.75) is 96.8 Å². The SMILES string of the molecule is CCCCCCCCCCCCCCCC[N+](C)(C)C.[H]. The fraction of sp³-hybridized carbons (Fsp3) is 1.00. The summed E-state index contributed by atoms with van der Waals surface area (Å²) in [4.78, 5) is 0. The van der Waals surface area contributed by atoms with Crippen LogP contribution in [0.4, 0.5) is 0 Å². The Morgan fingerprint density at radius 1 is 0.500 bits per heavy atom. The van der Waals surface area contributed by atoms with Crippen molar-refractivity contribution < 1.29 is 5.91 Å². The molecular weight excluding hydrogens is 242 g/mol. The average Bonchev–Trinajstić information content (AvgIpc) is 2.38. The van der Waals surface area contributed by atoms with Gasteiger partial charge in [-0.3, -0.25) is 0 Å². The molecule has 0 saturated heterocycles. The first-order chi connectivity index (χ1) is 9.56. The van der Waals surface area contributed by atoms with Gasteiger partial charge < -0.3 is 4.48 Å². The van der Waals surface area contributed by atoms with Crippen molar-refractivity contribution >= 4 is 0 Å². The smallest absolute Gasteiger partial charge is 0.0780 e. The molecule has 0 aliphatic rings. The minimum Gasteiger partial charge on any atom is -0.331 e. The van der Waals surface area contributed by atoms with Crippen molar-refractivity contribution in [2.24, 2.45) is 0 Å². The first-order valence-electron chi connectivity index (χ1n) is 9.36. The van der Waals surface area contributed by atoms with Crippen molar-refractivity contribution in [3.05, 3.63) is 0 Å². The molecule has 123 valence electrons. The van der Waals surface area contributed by atoms with Crippen LogP contribution < -0.4 is 0 Å². The fourth-order valence-electron chi connectivity index (χ4n) is 2.78. The normalized spacial score (nSPS) is 12.0. The highest BCUT2D eigenvalue weighted by Gasteiger charge is 2.04. The van der Waals surface area contributed by atoms with Gasteiger partial charge in [0.25, 0.3) is 0 Å². The van der Waals surface area contributed by atoms with Crippen molar-refractivity contribution in [3.8, 4) is 0 Å². The van der Waals surface area contributed by atoms with E-state index in [1.165, 1.54) is 96.4 Å². The maximum absolute atomic E-state index is 2.29. The predicted molar refractivity (Wildman–Crippen MR) is 94.3 cm³/mol. The van der Waals surface area contributed by atoms with Crippen LogP contribution in [0.5, 0.6) is 0 Å². The molecule has 0 heterocycles. The third-order valence-corrected chi connectivity index (χ3v) is 4.18. The molecule has 0 aromatic rings. The van der Waals surface area contributed by atoms with Crippen molar-refractivity contribution in [3.63, 3.8) is 0 Å². The highest BCUT2D eigenvalue weighted by molar-refractivity contribution is 4.49. The Hall–Kier alpha value is -0.0400. The van der Waals surface area contributed by atoms with E-state index in [9.17, 15) is 0 Å². The minimum absolute atomic E-state index is 0. The van der Waals surface area contributed by atoms with E-state index < -0.39 is 0 Å². The Bertz CT molecular complexity index is 186. The van der Waals surface area contributed by atoms with Gasteiger partial charge >= 0.3 is 0 Å². The average molecular weight is 286 g/mol. The van der Waals surface area contributed by atoms with E-state index in [0.29, 0.717) is 0 Å². The molecule has 0 fully saturated rings. The molecule has 1 heteroatoms. The largest absolute Gasteiger partial charge is 0.331 e. The highest BCUT2D eigenvalue weighted by atomic mass is 15.3. The quantitative estimate of drug-likeness (QED) is 0.245. The lowest BCUT2D eigenvalue weighted by Gasteiger charge is -2.23. The van der Waals surface area contributed by atoms with Crippen LogP contribution in [0.1, 0.15) is 98.2 Å². The Morgan fingerprint density at radius 2 is 0.800 bits per heavy atom. The first-order valence-corrected chi connectivity index (χ1v) is 9.36. The maximum Gasteiger partial charge on any atom is 0.0780 e. The van der Waals surface area contributed by atoms with Gasteiger partial charge in [0, 0.05) is 1.43 Å². The molecule has 0 amide bonds. The second kappa shape index (κ2) is 13.9. The monoisotopic (exact) mass is 285 g/mol. The zero-order chi connectivity index (χ0) is 15.1. The Kier molecular flexibility index (Phi) is 13.9. The molecule has 20 heavy (non-hydrogen) atoms. The topological polar surface area (TPSA) is 0 Å². The predicted octanol–water partition coefficient (Wildman–Crippen LogP) is 6.29. The van der Waals surface area contributed by atoms with E-state index in [1.54, 1.807) is 0 Å². The van der Waals surface area contributed by atoms with Crippen LogP contribution >= 0.6 is 0 Å². The van der Waals surface area contributed by atoms with Crippen LogP contribution in [-0.2, 0) is 0 Å². The molecule has 0 saturated carbocycles. The third-order valence-electron chi connectivity index (χ3n) is 4.18. The summed E-state index contributed by atoms with van der Waals surface area (Å²) in [6.07, 6.45) is 20.4. The molecule has 0 aliphatic carbocycles. The van der Waals surface area contributed by atoms with E-state index >= 15 is 0 Å². The Labute approximate surface area is 131 Å². The maximum atomic E-state index is 2.29. The lowest BCUT2D eigenvalue weighted by Crippen LogP contribution is -2.35. The first kappa shape index (κ1) is 20.0. The van der Waals surface area contributed by atoms with Gasteiger partial charge in [-0.25, -0.2) is 0 Å². The van der Waals surface area contributed by atoms with E-state index in [2.05, 4.69) is 28.1 Å². The molecule has 0 atom stereocenters. The van der Waals surface area contributed by atoms with Gasteiger partial charge in [-0.05, 0) is 12.8 Å². The summed E-state index contributed by atoms with van der Waals surface area (Å²) in [6.45, 7) is 3.63. The third kappa shape index (κ3) is 18.0. The number of quaternary nitrogens is 1. The zero-order valence-electron chi connectivity index (χ0n) is 16.1. The van der Waals surface area contributed by atoms with E-state index in [0.717, 1.165) is 4.48 Å². The van der Waals surface area contributed by atoms with Gasteiger partial charge in [0.1, 0.15) is 0 Å². The summed E-state index contributed by atoms with van der Waals surface area (Å²) >= 11 is 0. The van der Waals surface area contributed by atoms with Crippen molar-refractivity contribution in [1.29, 1.82) is 0 Å². The molecule has 0 aromatic heterocycles. The Balaban J connectivity index is 0. The summed E-state index contributed by atoms with van der Waals surface area (Å²) in [5, 5.41) is 0. The van der Waals surface area contributed by atoms with Gasteiger partial charge in [0.05, 0.1) is 27.7 Å². The standard InChI is InChI=1S/C19H42N.H/c1-5-6-7-8-9-10-11-12-13-14-15-16-17-18-19-20(2,3)4;/h5-19H2,1-4H3;/q+1;. The second-order valence-corrected chi connectivity index (χ2v) is 7.61. The molecule has 0 aliphatic heterocycles. The minimum atomic E-state index is 0. The number of hydrogen-bond acceptors (Lipinski definition) is 0. The molecule has 0 rings (SSSR count). The van der Waals surface area contributed by atoms with Crippen LogP contribution in [0.2, 0.25) is 0 Å². The number of hydrogen-bond donors (Lipinski definition) is 0. The summed E-state index contributed by atoms with van der Waals surface area (Å²) in [5.74, 6) is 0. The number of nitrogens with zero attached hydrogens (tertiary/aromatic N) is 1. The highest BCUT2D eigenvalue weighted by Crippen LogP contribution is 2.13. The van der Waals surface area contributed by atoms with Crippen molar-refractivity contribution in [1.82, 2.24) is 0 Å². The summed E-state index contributed by atoms with van der Waals surface area (Å²) < 4.78 is 1.12. The molecule has 0 spiro atoms. The van der Waals surface area contributed by atoms with E-state index in [4.69, 9.17) is 0 Å². The number of rotatable bonds is 15. The van der Waals surface area contributed by atoms with Gasteiger partial charge in [-0.2, -0.15) is 0 Å². The van der Waals surface area contributed by atoms with E-state index in [1.807, 2.05) is 0 Å².